The Balaban J connectivity index is 1.61. The van der Waals surface area contributed by atoms with Gasteiger partial charge >= 0.3 is 0 Å². The van der Waals surface area contributed by atoms with E-state index in [0.29, 0.717) is 22.9 Å². The lowest BCUT2D eigenvalue weighted by molar-refractivity contribution is 0.0469. The minimum Gasteiger partial charge on any atom is -0.328 e. The Morgan fingerprint density at radius 1 is 0.724 bits per heavy atom. The SMILES string of the molecule is NC1CCC(Cc2cccnc2)(CC2(Cc3cccnc3)CCC(N)CC2)CC1. The Kier molecular flexibility index (Phi) is 6.31. The first-order chi connectivity index (χ1) is 14.1. The molecule has 2 heterocycles. The third-order valence-corrected chi connectivity index (χ3v) is 7.54. The van der Waals surface area contributed by atoms with E-state index in [2.05, 4.69) is 46.6 Å². The van der Waals surface area contributed by atoms with Crippen LogP contribution in [0.1, 0.15) is 68.9 Å². The minimum atomic E-state index is 0.322. The summed E-state index contributed by atoms with van der Waals surface area (Å²) < 4.78 is 0. The van der Waals surface area contributed by atoms with Crippen molar-refractivity contribution in [3.63, 3.8) is 0 Å². The molecule has 0 bridgehead atoms. The highest BCUT2D eigenvalue weighted by atomic mass is 14.7. The van der Waals surface area contributed by atoms with Gasteiger partial charge in [0.1, 0.15) is 0 Å². The Morgan fingerprint density at radius 2 is 1.14 bits per heavy atom. The molecular formula is C25H36N4. The van der Waals surface area contributed by atoms with E-state index in [-0.39, 0.29) is 0 Å². The van der Waals surface area contributed by atoms with Crippen LogP contribution < -0.4 is 11.5 Å². The van der Waals surface area contributed by atoms with Gasteiger partial charge in [-0.15, -0.1) is 0 Å². The normalized spacial score (nSPS) is 32.8. The molecule has 4 N–H and O–H groups in total. The lowest BCUT2D eigenvalue weighted by atomic mass is 9.56. The molecule has 0 spiro atoms. The Hall–Kier alpha value is -1.78. The van der Waals surface area contributed by atoms with Crippen LogP contribution in [0, 0.1) is 10.8 Å². The lowest BCUT2D eigenvalue weighted by Gasteiger charge is -2.49. The van der Waals surface area contributed by atoms with Crippen LogP contribution in [0.3, 0.4) is 0 Å². The van der Waals surface area contributed by atoms with Crippen molar-refractivity contribution in [3.8, 4) is 0 Å². The zero-order valence-electron chi connectivity index (χ0n) is 17.6. The summed E-state index contributed by atoms with van der Waals surface area (Å²) in [6, 6.07) is 9.37. The number of nitrogens with zero attached hydrogens (tertiary/aromatic N) is 2. The summed E-state index contributed by atoms with van der Waals surface area (Å²) in [7, 11) is 0. The Bertz CT molecular complexity index is 679. The molecule has 0 radical (unpaired) electrons. The second-order valence-electron chi connectivity index (χ2n) is 9.93. The fraction of sp³-hybridized carbons (Fsp3) is 0.600. The molecule has 2 aromatic heterocycles. The third kappa shape index (κ3) is 5.23. The van der Waals surface area contributed by atoms with E-state index in [1.807, 2.05) is 12.4 Å². The van der Waals surface area contributed by atoms with Gasteiger partial charge in [0.15, 0.2) is 0 Å². The highest BCUT2D eigenvalue weighted by Gasteiger charge is 2.44. The van der Waals surface area contributed by atoms with Gasteiger partial charge < -0.3 is 11.5 Å². The molecule has 0 unspecified atom stereocenters. The van der Waals surface area contributed by atoms with E-state index in [9.17, 15) is 0 Å². The fourth-order valence-corrected chi connectivity index (χ4v) is 6.00. The zero-order chi connectivity index (χ0) is 20.2. The summed E-state index contributed by atoms with van der Waals surface area (Å²) in [5.41, 5.74) is 16.0. The van der Waals surface area contributed by atoms with Crippen LogP contribution in [0.15, 0.2) is 49.1 Å². The number of pyridine rings is 2. The smallest absolute Gasteiger partial charge is 0.0300 e. The molecule has 2 fully saturated rings. The largest absolute Gasteiger partial charge is 0.328 e. The summed E-state index contributed by atoms with van der Waals surface area (Å²) in [5.74, 6) is 0. The number of nitrogens with two attached hydrogens (primary N) is 2. The average molecular weight is 393 g/mol. The molecule has 4 rings (SSSR count). The van der Waals surface area contributed by atoms with Crippen molar-refractivity contribution in [1.82, 2.24) is 9.97 Å². The van der Waals surface area contributed by atoms with E-state index in [1.54, 1.807) is 0 Å². The van der Waals surface area contributed by atoms with Gasteiger partial charge in [0, 0.05) is 36.9 Å². The summed E-state index contributed by atoms with van der Waals surface area (Å²) in [4.78, 5) is 8.78. The van der Waals surface area contributed by atoms with E-state index in [1.165, 1.54) is 43.2 Å². The molecule has 2 aliphatic rings. The van der Waals surface area contributed by atoms with Crippen LogP contribution >= 0.6 is 0 Å². The van der Waals surface area contributed by atoms with Crippen molar-refractivity contribution in [2.75, 3.05) is 0 Å². The van der Waals surface area contributed by atoms with Crippen molar-refractivity contribution in [3.05, 3.63) is 60.2 Å². The quantitative estimate of drug-likeness (QED) is 0.762. The van der Waals surface area contributed by atoms with Gasteiger partial charge in [-0.1, -0.05) is 12.1 Å². The van der Waals surface area contributed by atoms with Crippen molar-refractivity contribution >= 4 is 0 Å². The highest BCUT2D eigenvalue weighted by molar-refractivity contribution is 5.16. The number of hydrogen-bond donors (Lipinski definition) is 2. The fourth-order valence-electron chi connectivity index (χ4n) is 6.00. The maximum atomic E-state index is 6.32. The van der Waals surface area contributed by atoms with Crippen molar-refractivity contribution in [2.45, 2.75) is 82.7 Å². The maximum absolute atomic E-state index is 6.32. The van der Waals surface area contributed by atoms with Gasteiger partial charge in [0.25, 0.3) is 0 Å². The van der Waals surface area contributed by atoms with Gasteiger partial charge in [0.2, 0.25) is 0 Å². The molecule has 156 valence electrons. The van der Waals surface area contributed by atoms with Crippen LogP contribution in [0.2, 0.25) is 0 Å². The van der Waals surface area contributed by atoms with E-state index in [0.717, 1.165) is 38.5 Å². The van der Waals surface area contributed by atoms with Gasteiger partial charge in [0.05, 0.1) is 0 Å². The number of rotatable bonds is 6. The maximum Gasteiger partial charge on any atom is 0.0300 e. The zero-order valence-corrected chi connectivity index (χ0v) is 17.6. The first-order valence-electron chi connectivity index (χ1n) is 11.4. The molecular weight excluding hydrogens is 356 g/mol. The average Bonchev–Trinajstić information content (AvgIpc) is 2.74. The molecule has 0 saturated heterocycles. The predicted molar refractivity (Wildman–Crippen MR) is 118 cm³/mol. The van der Waals surface area contributed by atoms with E-state index < -0.39 is 0 Å². The first kappa shape index (κ1) is 20.5. The van der Waals surface area contributed by atoms with Crippen LogP contribution in [-0.4, -0.2) is 22.1 Å². The minimum absolute atomic E-state index is 0.322. The molecule has 0 aromatic carbocycles. The molecule has 2 aromatic rings. The predicted octanol–water partition coefficient (Wildman–Crippen LogP) is 4.43. The number of hydrogen-bond acceptors (Lipinski definition) is 4. The van der Waals surface area contributed by atoms with Crippen molar-refractivity contribution in [2.24, 2.45) is 22.3 Å². The van der Waals surface area contributed by atoms with Gasteiger partial charge in [-0.3, -0.25) is 9.97 Å². The topological polar surface area (TPSA) is 77.8 Å². The molecule has 29 heavy (non-hydrogen) atoms. The Labute approximate surface area is 175 Å². The second-order valence-corrected chi connectivity index (χ2v) is 9.93. The third-order valence-electron chi connectivity index (χ3n) is 7.54. The standard InChI is InChI=1S/C25H36N4/c26-22-5-9-24(10-6-22,15-20-3-1-13-28-17-20)19-25(11-7-23(27)8-12-25)16-21-4-2-14-29-18-21/h1-4,13-14,17-18,22-23H,5-12,15-16,19,26-27H2. The van der Waals surface area contributed by atoms with E-state index in [4.69, 9.17) is 11.5 Å². The first-order valence-corrected chi connectivity index (χ1v) is 11.4. The summed E-state index contributed by atoms with van der Waals surface area (Å²) >= 11 is 0. The summed E-state index contributed by atoms with van der Waals surface area (Å²) in [6.07, 6.45) is 20.8. The summed E-state index contributed by atoms with van der Waals surface area (Å²) in [5, 5.41) is 0. The van der Waals surface area contributed by atoms with Crippen LogP contribution in [0.25, 0.3) is 0 Å². The molecule has 2 saturated carbocycles. The second kappa shape index (κ2) is 8.93. The molecule has 0 atom stereocenters. The monoisotopic (exact) mass is 392 g/mol. The molecule has 0 aliphatic heterocycles. The van der Waals surface area contributed by atoms with Gasteiger partial charge in [-0.25, -0.2) is 0 Å². The van der Waals surface area contributed by atoms with Crippen molar-refractivity contribution in [1.29, 1.82) is 0 Å². The van der Waals surface area contributed by atoms with Crippen LogP contribution in [0.4, 0.5) is 0 Å². The lowest BCUT2D eigenvalue weighted by Crippen LogP contribution is -2.43. The molecule has 4 heteroatoms. The number of aromatic nitrogens is 2. The summed E-state index contributed by atoms with van der Waals surface area (Å²) in [6.45, 7) is 0. The van der Waals surface area contributed by atoms with E-state index >= 15 is 0 Å². The van der Waals surface area contributed by atoms with Crippen molar-refractivity contribution < 1.29 is 0 Å². The Morgan fingerprint density at radius 3 is 1.48 bits per heavy atom. The van der Waals surface area contributed by atoms with Gasteiger partial charge in [-0.05, 0) is 105 Å². The molecule has 0 amide bonds. The van der Waals surface area contributed by atoms with Crippen LogP contribution in [-0.2, 0) is 12.8 Å². The molecule has 4 nitrogen and oxygen atoms in total. The van der Waals surface area contributed by atoms with Crippen LogP contribution in [0.5, 0.6) is 0 Å². The highest BCUT2D eigenvalue weighted by Crippen LogP contribution is 2.53. The van der Waals surface area contributed by atoms with Gasteiger partial charge in [-0.2, -0.15) is 0 Å². The molecule has 2 aliphatic carbocycles.